The molecule has 0 amide bonds. The lowest BCUT2D eigenvalue weighted by Crippen LogP contribution is -2.36. The van der Waals surface area contributed by atoms with Crippen molar-refractivity contribution in [3.8, 4) is 0 Å². The number of anilines is 1. The number of ether oxygens (including phenoxy) is 1. The van der Waals surface area contributed by atoms with Crippen molar-refractivity contribution >= 4 is 29.1 Å². The molecule has 0 saturated carbocycles. The lowest BCUT2D eigenvalue weighted by atomic mass is 10.0. The second kappa shape index (κ2) is 5.72. The van der Waals surface area contributed by atoms with Crippen LogP contribution in [-0.2, 0) is 9.48 Å². The summed E-state index contributed by atoms with van der Waals surface area (Å²) in [5, 5.41) is 0.860. The van der Waals surface area contributed by atoms with Crippen LogP contribution in [0.3, 0.4) is 0 Å². The molecule has 18 heavy (non-hydrogen) atoms. The Morgan fingerprint density at radius 2 is 1.94 bits per heavy atom. The smallest absolute Gasteiger partial charge is 0.0642 e. The lowest BCUT2D eigenvalue weighted by molar-refractivity contribution is 0.122. The van der Waals surface area contributed by atoms with Crippen molar-refractivity contribution in [1.29, 1.82) is 0 Å². The van der Waals surface area contributed by atoms with Gasteiger partial charge in [0.25, 0.3) is 0 Å². The minimum absolute atomic E-state index is 0.0562. The zero-order chi connectivity index (χ0) is 13.2. The third-order valence-electron chi connectivity index (χ3n) is 3.49. The highest BCUT2D eigenvalue weighted by atomic mass is 35.5. The Kier molecular flexibility index (Phi) is 4.46. The van der Waals surface area contributed by atoms with Crippen molar-refractivity contribution in [2.45, 2.75) is 18.6 Å². The van der Waals surface area contributed by atoms with Crippen molar-refractivity contribution in [3.05, 3.63) is 28.8 Å². The maximum absolute atomic E-state index is 6.44. The third kappa shape index (κ3) is 2.95. The maximum Gasteiger partial charge on any atom is 0.0642 e. The van der Waals surface area contributed by atoms with Gasteiger partial charge in [-0.15, -0.1) is 0 Å². The number of morpholine rings is 1. The summed E-state index contributed by atoms with van der Waals surface area (Å²) >= 11 is 8.26. The van der Waals surface area contributed by atoms with E-state index in [1.54, 1.807) is 0 Å². The monoisotopic (exact) mass is 285 g/mol. The van der Waals surface area contributed by atoms with Crippen LogP contribution in [-0.4, -0.2) is 32.6 Å². The van der Waals surface area contributed by atoms with E-state index in [0.717, 1.165) is 31.3 Å². The molecule has 1 heterocycles. The quantitative estimate of drug-likeness (QED) is 0.839. The van der Waals surface area contributed by atoms with Crippen molar-refractivity contribution in [3.63, 3.8) is 0 Å². The fraction of sp³-hybridized carbons (Fsp3) is 0.571. The van der Waals surface area contributed by atoms with Crippen molar-refractivity contribution in [1.82, 2.24) is 0 Å². The van der Waals surface area contributed by atoms with Crippen LogP contribution in [0.25, 0.3) is 0 Å². The van der Waals surface area contributed by atoms with Gasteiger partial charge in [0.1, 0.15) is 0 Å². The van der Waals surface area contributed by atoms with Crippen LogP contribution in [0.5, 0.6) is 0 Å². The molecule has 1 aliphatic rings. The predicted octanol–water partition coefficient (Wildman–Crippen LogP) is 3.77. The van der Waals surface area contributed by atoms with Gasteiger partial charge >= 0.3 is 0 Å². The third-order valence-corrected chi connectivity index (χ3v) is 5.04. The van der Waals surface area contributed by atoms with Crippen LogP contribution in [0.15, 0.2) is 18.2 Å². The minimum Gasteiger partial charge on any atom is -0.378 e. The first-order valence-corrected chi connectivity index (χ1v) is 7.83. The Bertz CT molecular complexity index is 416. The molecule has 0 aliphatic carbocycles. The molecule has 4 heteroatoms. The molecule has 100 valence electrons. The second-order valence-corrected chi connectivity index (χ2v) is 6.81. The molecule has 0 aromatic heterocycles. The lowest BCUT2D eigenvalue weighted by Gasteiger charge is -2.30. The SMILES string of the molecule is CSC(C)(C)c1ccc(N2CCOCC2)cc1Cl. The fourth-order valence-electron chi connectivity index (χ4n) is 2.12. The summed E-state index contributed by atoms with van der Waals surface area (Å²) < 4.78 is 5.42. The molecule has 0 radical (unpaired) electrons. The van der Waals surface area contributed by atoms with Crippen molar-refractivity contribution in [2.75, 3.05) is 37.5 Å². The summed E-state index contributed by atoms with van der Waals surface area (Å²) in [6.07, 6.45) is 2.12. The average Bonchev–Trinajstić information content (AvgIpc) is 2.39. The summed E-state index contributed by atoms with van der Waals surface area (Å²) in [5.74, 6) is 0. The van der Waals surface area contributed by atoms with Crippen molar-refractivity contribution < 1.29 is 4.74 Å². The van der Waals surface area contributed by atoms with E-state index in [4.69, 9.17) is 16.3 Å². The molecule has 0 unspecified atom stereocenters. The fourth-order valence-corrected chi connectivity index (χ4v) is 2.99. The van der Waals surface area contributed by atoms with Gasteiger partial charge in [-0.1, -0.05) is 17.7 Å². The minimum atomic E-state index is 0.0562. The average molecular weight is 286 g/mol. The number of rotatable bonds is 3. The maximum atomic E-state index is 6.44. The molecule has 1 saturated heterocycles. The van der Waals surface area contributed by atoms with Crippen LogP contribution in [0, 0.1) is 0 Å². The number of thioether (sulfide) groups is 1. The zero-order valence-corrected chi connectivity index (χ0v) is 12.8. The molecule has 0 N–H and O–H groups in total. The van der Waals surface area contributed by atoms with E-state index in [9.17, 15) is 0 Å². The molecule has 0 spiro atoms. The number of halogens is 1. The van der Waals surface area contributed by atoms with E-state index in [1.807, 2.05) is 11.8 Å². The van der Waals surface area contributed by atoms with Crippen LogP contribution < -0.4 is 4.90 Å². The van der Waals surface area contributed by atoms with Crippen LogP contribution >= 0.6 is 23.4 Å². The van der Waals surface area contributed by atoms with E-state index >= 15 is 0 Å². The second-order valence-electron chi connectivity index (χ2n) is 4.98. The topological polar surface area (TPSA) is 12.5 Å². The van der Waals surface area contributed by atoms with Crippen LogP contribution in [0.4, 0.5) is 5.69 Å². The zero-order valence-electron chi connectivity index (χ0n) is 11.2. The van der Waals surface area contributed by atoms with E-state index in [1.165, 1.54) is 11.3 Å². The van der Waals surface area contributed by atoms with Gasteiger partial charge in [0.15, 0.2) is 0 Å². The van der Waals surface area contributed by atoms with Gasteiger partial charge in [0, 0.05) is 28.5 Å². The van der Waals surface area contributed by atoms with Gasteiger partial charge in [0.2, 0.25) is 0 Å². The molecular weight excluding hydrogens is 266 g/mol. The molecule has 1 fully saturated rings. The van der Waals surface area contributed by atoms with Gasteiger partial charge in [-0.25, -0.2) is 0 Å². The summed E-state index contributed by atoms with van der Waals surface area (Å²) in [5.41, 5.74) is 2.40. The molecule has 1 aromatic rings. The Labute approximate surface area is 119 Å². The van der Waals surface area contributed by atoms with E-state index in [0.29, 0.717) is 0 Å². The molecule has 2 rings (SSSR count). The highest BCUT2D eigenvalue weighted by Crippen LogP contribution is 2.39. The highest BCUT2D eigenvalue weighted by molar-refractivity contribution is 7.99. The Morgan fingerprint density at radius 3 is 2.50 bits per heavy atom. The number of benzene rings is 1. The number of nitrogens with zero attached hydrogens (tertiary/aromatic N) is 1. The molecular formula is C14H20ClNOS. The summed E-state index contributed by atoms with van der Waals surface area (Å²) in [7, 11) is 0. The van der Waals surface area contributed by atoms with Crippen molar-refractivity contribution in [2.24, 2.45) is 0 Å². The first kappa shape index (κ1) is 14.0. The summed E-state index contributed by atoms with van der Waals surface area (Å²) in [6.45, 7) is 7.90. The first-order valence-electron chi connectivity index (χ1n) is 6.22. The molecule has 1 aromatic carbocycles. The predicted molar refractivity (Wildman–Crippen MR) is 81.0 cm³/mol. The summed E-state index contributed by atoms with van der Waals surface area (Å²) in [4.78, 5) is 2.32. The van der Waals surface area contributed by atoms with Gasteiger partial charge in [-0.05, 0) is 37.8 Å². The summed E-state index contributed by atoms with van der Waals surface area (Å²) in [6, 6.07) is 6.41. The van der Waals surface area contributed by atoms with E-state index in [2.05, 4.69) is 43.2 Å². The molecule has 2 nitrogen and oxygen atoms in total. The Balaban J connectivity index is 2.24. The van der Waals surface area contributed by atoms with E-state index < -0.39 is 0 Å². The first-order chi connectivity index (χ1) is 8.54. The molecule has 0 bridgehead atoms. The normalized spacial score (nSPS) is 17.0. The van der Waals surface area contributed by atoms with E-state index in [-0.39, 0.29) is 4.75 Å². The van der Waals surface area contributed by atoms with Gasteiger partial charge in [-0.2, -0.15) is 11.8 Å². The van der Waals surface area contributed by atoms with Gasteiger partial charge in [-0.3, -0.25) is 0 Å². The van der Waals surface area contributed by atoms with Crippen LogP contribution in [0.2, 0.25) is 5.02 Å². The van der Waals surface area contributed by atoms with Gasteiger partial charge in [0.05, 0.1) is 13.2 Å². The number of hydrogen-bond acceptors (Lipinski definition) is 3. The highest BCUT2D eigenvalue weighted by Gasteiger charge is 2.22. The Hall–Kier alpha value is -0.380. The molecule has 0 atom stereocenters. The van der Waals surface area contributed by atoms with Gasteiger partial charge < -0.3 is 9.64 Å². The molecule has 1 aliphatic heterocycles. The largest absolute Gasteiger partial charge is 0.378 e. The number of hydrogen-bond donors (Lipinski definition) is 0. The standard InChI is InChI=1S/C14H20ClNOS/c1-14(2,18-3)12-5-4-11(10-13(12)15)16-6-8-17-9-7-16/h4-5,10H,6-9H2,1-3H3. The van der Waals surface area contributed by atoms with Crippen LogP contribution in [0.1, 0.15) is 19.4 Å². The Morgan fingerprint density at radius 1 is 1.28 bits per heavy atom.